The lowest BCUT2D eigenvalue weighted by molar-refractivity contribution is -0.645. The normalized spacial score (nSPS) is 10.8. The fraction of sp³-hybridized carbons (Fsp3) is 0.182. The molecular weight excluding hydrogens is 337 g/mol. The molecule has 0 fully saturated rings. The fourth-order valence-electron chi connectivity index (χ4n) is 1.78. The third-order valence-corrected chi connectivity index (χ3v) is 4.68. The summed E-state index contributed by atoms with van der Waals surface area (Å²) in [4.78, 5) is 0. The molecule has 0 aliphatic carbocycles. The molecule has 1 aromatic carbocycles. The van der Waals surface area contributed by atoms with Crippen LogP contribution in [0.15, 0.2) is 23.6 Å². The highest BCUT2D eigenvalue weighted by atomic mass is 127. The molecule has 3 aromatic rings. The minimum Gasteiger partial charge on any atom is -1.00 e. The van der Waals surface area contributed by atoms with Crippen LogP contribution in [-0.2, 0) is 7.05 Å². The number of nitrogens with zero attached hydrogens (tertiary/aromatic N) is 1. The largest absolute Gasteiger partial charge is 1.00 e. The average molecular weight is 347 g/mol. The van der Waals surface area contributed by atoms with Gasteiger partial charge in [0.15, 0.2) is 0 Å². The maximum absolute atomic E-state index is 2.29. The number of halogens is 1. The second kappa shape index (κ2) is 3.99. The molecule has 15 heavy (non-hydrogen) atoms. The summed E-state index contributed by atoms with van der Waals surface area (Å²) < 4.78 is 5.09. The van der Waals surface area contributed by atoms with Crippen LogP contribution in [0.2, 0.25) is 0 Å². The van der Waals surface area contributed by atoms with Crippen LogP contribution >= 0.6 is 22.7 Å². The smallest absolute Gasteiger partial charge is 0.241 e. The Morgan fingerprint density at radius 1 is 1.20 bits per heavy atom. The third kappa shape index (κ3) is 1.59. The summed E-state index contributed by atoms with van der Waals surface area (Å²) in [6.45, 7) is 2.17. The lowest BCUT2D eigenvalue weighted by Gasteiger charge is -1.89. The van der Waals surface area contributed by atoms with Crippen LogP contribution < -0.4 is 28.5 Å². The molecule has 78 valence electrons. The zero-order chi connectivity index (χ0) is 9.71. The van der Waals surface area contributed by atoms with Crippen molar-refractivity contribution in [2.45, 2.75) is 6.92 Å². The third-order valence-electron chi connectivity index (χ3n) is 2.62. The molecule has 4 heteroatoms. The Hall–Kier alpha value is -0.200. The molecule has 0 N–H and O–H groups in total. The lowest BCUT2D eigenvalue weighted by atomic mass is 10.2. The van der Waals surface area contributed by atoms with Crippen molar-refractivity contribution in [3.8, 4) is 0 Å². The Morgan fingerprint density at radius 3 is 2.80 bits per heavy atom. The molecule has 0 atom stereocenters. The number of thiazole rings is 1. The number of fused-ring (bicyclic) bond motifs is 3. The van der Waals surface area contributed by atoms with E-state index in [9.17, 15) is 0 Å². The molecule has 0 spiro atoms. The minimum atomic E-state index is 0. The van der Waals surface area contributed by atoms with E-state index in [2.05, 4.69) is 42.1 Å². The molecule has 0 unspecified atom stereocenters. The Bertz CT molecular complexity index is 624. The molecule has 0 saturated carbocycles. The molecule has 0 radical (unpaired) electrons. The molecule has 1 nitrogen and oxygen atoms in total. The van der Waals surface area contributed by atoms with Crippen molar-refractivity contribution < 1.29 is 28.5 Å². The second-order valence-electron chi connectivity index (χ2n) is 3.43. The number of rotatable bonds is 0. The van der Waals surface area contributed by atoms with Crippen LogP contribution in [-0.4, -0.2) is 0 Å². The number of hydrogen-bond acceptors (Lipinski definition) is 2. The van der Waals surface area contributed by atoms with E-state index in [1.807, 2.05) is 22.7 Å². The molecule has 2 aromatic heterocycles. The zero-order valence-electron chi connectivity index (χ0n) is 8.45. The van der Waals surface area contributed by atoms with Crippen molar-refractivity contribution in [3.63, 3.8) is 0 Å². The van der Waals surface area contributed by atoms with E-state index < -0.39 is 0 Å². The summed E-state index contributed by atoms with van der Waals surface area (Å²) in [5.74, 6) is 0. The highest BCUT2D eigenvalue weighted by Gasteiger charge is 2.16. The van der Waals surface area contributed by atoms with Crippen LogP contribution in [0, 0.1) is 6.92 Å². The number of aryl methyl sites for hydroxylation is 2. The number of aromatic nitrogens is 1. The van der Waals surface area contributed by atoms with E-state index in [-0.39, 0.29) is 24.0 Å². The van der Waals surface area contributed by atoms with Gasteiger partial charge in [0.25, 0.3) is 0 Å². The van der Waals surface area contributed by atoms with Gasteiger partial charge in [-0.1, -0.05) is 17.4 Å². The summed E-state index contributed by atoms with van der Waals surface area (Å²) >= 11 is 3.70. The van der Waals surface area contributed by atoms with Gasteiger partial charge < -0.3 is 24.0 Å². The van der Waals surface area contributed by atoms with Gasteiger partial charge in [-0.25, -0.2) is 0 Å². The van der Waals surface area contributed by atoms with Crippen molar-refractivity contribution in [3.05, 3.63) is 28.6 Å². The first-order chi connectivity index (χ1) is 6.77. The van der Waals surface area contributed by atoms with Gasteiger partial charge in [-0.15, -0.1) is 11.3 Å². The van der Waals surface area contributed by atoms with Gasteiger partial charge in [-0.2, -0.15) is 4.57 Å². The number of benzene rings is 1. The first-order valence-corrected chi connectivity index (χ1v) is 6.22. The number of thiophene rings is 1. The minimum absolute atomic E-state index is 0. The Morgan fingerprint density at radius 2 is 2.00 bits per heavy atom. The summed E-state index contributed by atoms with van der Waals surface area (Å²) in [6, 6.07) is 6.62. The summed E-state index contributed by atoms with van der Waals surface area (Å²) in [6.07, 6.45) is 0. The predicted molar refractivity (Wildman–Crippen MR) is 63.1 cm³/mol. The fourth-order valence-corrected chi connectivity index (χ4v) is 3.85. The van der Waals surface area contributed by atoms with Crippen molar-refractivity contribution in [2.24, 2.45) is 7.05 Å². The van der Waals surface area contributed by atoms with Gasteiger partial charge >= 0.3 is 0 Å². The first kappa shape index (κ1) is 11.3. The summed E-state index contributed by atoms with van der Waals surface area (Å²) in [5.41, 5.74) is 1.39. The molecule has 0 aliphatic heterocycles. The van der Waals surface area contributed by atoms with Crippen molar-refractivity contribution in [2.75, 3.05) is 0 Å². The predicted octanol–water partition coefficient (Wildman–Crippen LogP) is 0.253. The molecule has 3 rings (SSSR count). The molecule has 0 bridgehead atoms. The van der Waals surface area contributed by atoms with Crippen molar-refractivity contribution in [1.29, 1.82) is 0 Å². The van der Waals surface area contributed by atoms with Crippen LogP contribution in [0.4, 0.5) is 0 Å². The van der Waals surface area contributed by atoms with Gasteiger partial charge in [-0.05, 0) is 22.9 Å². The van der Waals surface area contributed by atoms with Gasteiger partial charge in [0.1, 0.15) is 16.4 Å². The molecule has 0 saturated heterocycles. The lowest BCUT2D eigenvalue weighted by Crippen LogP contribution is -3.00. The quantitative estimate of drug-likeness (QED) is 0.406. The van der Waals surface area contributed by atoms with Crippen LogP contribution in [0.3, 0.4) is 0 Å². The van der Waals surface area contributed by atoms with E-state index >= 15 is 0 Å². The van der Waals surface area contributed by atoms with E-state index in [1.54, 1.807) is 0 Å². The highest BCUT2D eigenvalue weighted by molar-refractivity contribution is 7.21. The Kier molecular flexibility index (Phi) is 3.00. The molecule has 0 amide bonds. The van der Waals surface area contributed by atoms with Gasteiger partial charge in [0.05, 0.1) is 0 Å². The summed E-state index contributed by atoms with van der Waals surface area (Å²) in [5, 5.41) is 4.88. The van der Waals surface area contributed by atoms with Crippen molar-refractivity contribution in [1.82, 2.24) is 0 Å². The second-order valence-corrected chi connectivity index (χ2v) is 5.58. The Balaban J connectivity index is 0.000000853. The van der Waals surface area contributed by atoms with E-state index in [1.165, 1.54) is 25.3 Å². The standard InChI is InChI=1S/C11H10NS2.HI/c1-7-12(2)10-9(14-7)4-3-8-5-6-13-11(8)10;/h3-6H,1-2H3;1H/q+1;/p-1. The first-order valence-electron chi connectivity index (χ1n) is 4.53. The van der Waals surface area contributed by atoms with E-state index in [4.69, 9.17) is 0 Å². The van der Waals surface area contributed by atoms with Crippen molar-refractivity contribution >= 4 is 43.0 Å². The highest BCUT2D eigenvalue weighted by Crippen LogP contribution is 2.30. The monoisotopic (exact) mass is 347 g/mol. The maximum atomic E-state index is 2.29. The van der Waals surface area contributed by atoms with Crippen LogP contribution in [0.25, 0.3) is 20.3 Å². The topological polar surface area (TPSA) is 3.88 Å². The maximum Gasteiger partial charge on any atom is 0.241 e. The number of hydrogen-bond donors (Lipinski definition) is 0. The van der Waals surface area contributed by atoms with Gasteiger partial charge in [0.2, 0.25) is 10.5 Å². The van der Waals surface area contributed by atoms with Crippen LogP contribution in [0.1, 0.15) is 5.01 Å². The molecular formula is C11H10INS2. The van der Waals surface area contributed by atoms with E-state index in [0.717, 1.165) is 0 Å². The van der Waals surface area contributed by atoms with E-state index in [0.29, 0.717) is 0 Å². The van der Waals surface area contributed by atoms with Crippen LogP contribution in [0.5, 0.6) is 0 Å². The molecule has 0 aliphatic rings. The SMILES string of the molecule is Cc1sc2ccc3ccsc3c2[n+]1C.[I-]. The van der Waals surface area contributed by atoms with Gasteiger partial charge in [-0.3, -0.25) is 0 Å². The average Bonchev–Trinajstić information content (AvgIpc) is 2.72. The summed E-state index contributed by atoms with van der Waals surface area (Å²) in [7, 11) is 2.15. The van der Waals surface area contributed by atoms with Gasteiger partial charge in [0, 0.05) is 6.92 Å². The zero-order valence-corrected chi connectivity index (χ0v) is 12.2. The Labute approximate surface area is 113 Å². The molecule has 2 heterocycles.